The van der Waals surface area contributed by atoms with Gasteiger partial charge in [-0.05, 0) is 23.6 Å². The average molecular weight is 352 g/mol. The second kappa shape index (κ2) is 8.03. The first-order chi connectivity index (χ1) is 12.2. The van der Waals surface area contributed by atoms with Gasteiger partial charge in [0.1, 0.15) is 0 Å². The van der Waals surface area contributed by atoms with Gasteiger partial charge in [0.15, 0.2) is 18.2 Å². The van der Waals surface area contributed by atoms with Gasteiger partial charge in [-0.25, -0.2) is 9.98 Å². The summed E-state index contributed by atoms with van der Waals surface area (Å²) in [7, 11) is 0. The molecule has 0 radical (unpaired) electrons. The van der Waals surface area contributed by atoms with Crippen molar-refractivity contribution in [1.29, 1.82) is 0 Å². The molecule has 3 aromatic rings. The van der Waals surface area contributed by atoms with Crippen LogP contribution in [0.5, 0.6) is 0 Å². The van der Waals surface area contributed by atoms with E-state index in [2.05, 4.69) is 20.4 Å². The summed E-state index contributed by atoms with van der Waals surface area (Å²) >= 11 is 5.83. The maximum atomic E-state index is 12.4. The normalized spacial score (nSPS) is 12.0. The van der Waals surface area contributed by atoms with Gasteiger partial charge in [0.25, 0.3) is 5.96 Å². The summed E-state index contributed by atoms with van der Waals surface area (Å²) in [5.41, 5.74) is 3.42. The quantitative estimate of drug-likeness (QED) is 0.446. The maximum absolute atomic E-state index is 12.4. The summed E-state index contributed by atoms with van der Waals surface area (Å²) < 4.78 is 1.64. The smallest absolute Gasteiger partial charge is 0.280 e. The molecule has 0 bridgehead atoms. The lowest BCUT2D eigenvalue weighted by Gasteiger charge is -2.10. The Labute approximate surface area is 149 Å². The van der Waals surface area contributed by atoms with E-state index < -0.39 is 5.90 Å². The molecule has 2 aromatic heterocycles. The Morgan fingerprint density at radius 3 is 2.40 bits per heavy atom. The second-order valence-corrected chi connectivity index (χ2v) is 5.38. The number of aromatic nitrogens is 2. The number of guanidine groups is 1. The van der Waals surface area contributed by atoms with Gasteiger partial charge in [-0.3, -0.25) is 0 Å². The zero-order valence-corrected chi connectivity index (χ0v) is 13.8. The van der Waals surface area contributed by atoms with Crippen molar-refractivity contribution < 1.29 is 9.78 Å². The highest BCUT2D eigenvalue weighted by Crippen LogP contribution is 2.12. The summed E-state index contributed by atoms with van der Waals surface area (Å²) in [4.78, 5) is 12.5. The van der Waals surface area contributed by atoms with Crippen molar-refractivity contribution in [2.24, 2.45) is 9.98 Å². The van der Waals surface area contributed by atoms with Gasteiger partial charge in [-0.15, -0.1) is 5.43 Å². The van der Waals surface area contributed by atoms with E-state index in [0.29, 0.717) is 16.4 Å². The molecule has 124 valence electrons. The number of benzene rings is 1. The Balaban J connectivity index is 1.95. The highest BCUT2D eigenvalue weighted by Gasteiger charge is 2.05. The first kappa shape index (κ1) is 16.6. The predicted molar refractivity (Wildman–Crippen MR) is 95.3 cm³/mol. The number of hydrogen-bond donors (Lipinski definition) is 1. The topological polar surface area (TPSA) is 76.6 Å². The standard InChI is InChI=1S/C18H14ClN5O/c19-15-9-10-16(20-13-15)21-18(23-24-11-5-2-6-12-24)22-17(25)14-7-3-1-4-8-14/h1-13H,(H-,20,21,22,23,25). The van der Waals surface area contributed by atoms with Crippen molar-refractivity contribution in [2.45, 2.75) is 0 Å². The van der Waals surface area contributed by atoms with Crippen LogP contribution >= 0.6 is 11.6 Å². The van der Waals surface area contributed by atoms with Crippen LogP contribution in [0.2, 0.25) is 5.02 Å². The molecule has 0 fully saturated rings. The number of hydrogen-bond acceptors (Lipinski definition) is 3. The maximum Gasteiger partial charge on any atom is 0.280 e. The van der Waals surface area contributed by atoms with E-state index in [-0.39, 0.29) is 5.96 Å². The molecule has 6 nitrogen and oxygen atoms in total. The summed E-state index contributed by atoms with van der Waals surface area (Å²) in [5, 5.41) is 12.9. The minimum atomic E-state index is -0.405. The lowest BCUT2D eigenvalue weighted by molar-refractivity contribution is -0.640. The van der Waals surface area contributed by atoms with Crippen LogP contribution in [-0.4, -0.2) is 16.8 Å². The summed E-state index contributed by atoms with van der Waals surface area (Å²) in [6.45, 7) is 0. The molecule has 0 unspecified atom stereocenters. The van der Waals surface area contributed by atoms with Crippen LogP contribution < -0.4 is 15.2 Å². The molecule has 2 heterocycles. The van der Waals surface area contributed by atoms with Crippen molar-refractivity contribution in [3.63, 3.8) is 0 Å². The highest BCUT2D eigenvalue weighted by molar-refractivity contribution is 6.30. The van der Waals surface area contributed by atoms with Gasteiger partial charge < -0.3 is 5.11 Å². The number of halogens is 1. The first-order valence-corrected chi connectivity index (χ1v) is 7.83. The summed E-state index contributed by atoms with van der Waals surface area (Å²) in [6, 6.07) is 17.6. The minimum absolute atomic E-state index is 0.111. The molecular formula is C18H14ClN5O. The van der Waals surface area contributed by atoms with E-state index in [1.54, 1.807) is 53.5 Å². The van der Waals surface area contributed by atoms with Gasteiger partial charge in [0.05, 0.1) is 5.02 Å². The molecule has 0 aliphatic carbocycles. The van der Waals surface area contributed by atoms with Crippen LogP contribution in [-0.2, 0) is 0 Å². The average Bonchev–Trinajstić information content (AvgIpc) is 2.65. The first-order valence-electron chi connectivity index (χ1n) is 7.45. The minimum Gasteiger partial charge on any atom is -0.858 e. The Morgan fingerprint density at radius 2 is 1.72 bits per heavy atom. The molecular weight excluding hydrogens is 338 g/mol. The largest absolute Gasteiger partial charge is 0.858 e. The van der Waals surface area contributed by atoms with Crippen molar-refractivity contribution >= 4 is 29.3 Å². The zero-order chi connectivity index (χ0) is 17.5. The van der Waals surface area contributed by atoms with Crippen molar-refractivity contribution in [1.82, 2.24) is 4.98 Å². The number of aliphatic imine (C=N–C) groups is 2. The molecule has 0 atom stereocenters. The van der Waals surface area contributed by atoms with Gasteiger partial charge in [0, 0.05) is 18.3 Å². The van der Waals surface area contributed by atoms with E-state index >= 15 is 0 Å². The van der Waals surface area contributed by atoms with Gasteiger partial charge >= 0.3 is 0 Å². The summed E-state index contributed by atoms with van der Waals surface area (Å²) in [6.07, 6.45) is 5.02. The highest BCUT2D eigenvalue weighted by atomic mass is 35.5. The zero-order valence-electron chi connectivity index (χ0n) is 13.1. The Bertz CT molecular complexity index is 880. The third-order valence-electron chi connectivity index (χ3n) is 3.11. The lowest BCUT2D eigenvalue weighted by Crippen LogP contribution is -2.47. The van der Waals surface area contributed by atoms with Crippen molar-refractivity contribution in [2.75, 3.05) is 5.43 Å². The molecule has 1 N–H and O–H groups in total. The lowest BCUT2D eigenvalue weighted by atomic mass is 10.2. The number of pyridine rings is 2. The van der Waals surface area contributed by atoms with E-state index in [1.807, 2.05) is 24.3 Å². The van der Waals surface area contributed by atoms with Crippen LogP contribution in [0.1, 0.15) is 5.56 Å². The third kappa shape index (κ3) is 4.86. The van der Waals surface area contributed by atoms with E-state index in [9.17, 15) is 5.11 Å². The van der Waals surface area contributed by atoms with Crippen LogP contribution in [0.4, 0.5) is 5.82 Å². The van der Waals surface area contributed by atoms with E-state index in [4.69, 9.17) is 11.6 Å². The number of rotatable bonds is 3. The van der Waals surface area contributed by atoms with Crippen LogP contribution in [0.25, 0.3) is 0 Å². The molecule has 0 aliphatic rings. The fourth-order valence-electron chi connectivity index (χ4n) is 1.95. The van der Waals surface area contributed by atoms with Crippen molar-refractivity contribution in [3.05, 3.63) is 89.8 Å². The Kier molecular flexibility index (Phi) is 5.33. The third-order valence-corrected chi connectivity index (χ3v) is 3.33. The van der Waals surface area contributed by atoms with Crippen LogP contribution in [0.3, 0.4) is 0 Å². The molecule has 0 aliphatic heterocycles. The monoisotopic (exact) mass is 351 g/mol. The SMILES string of the molecule is [O-]/C(=N\C(=Nc1ccc(Cl)cn1)N[n+]1ccccc1)c1ccccc1. The van der Waals surface area contributed by atoms with Crippen molar-refractivity contribution in [3.8, 4) is 0 Å². The fourth-order valence-corrected chi connectivity index (χ4v) is 2.06. The van der Waals surface area contributed by atoms with Gasteiger partial charge in [-0.2, -0.15) is 4.99 Å². The van der Waals surface area contributed by atoms with Crippen LogP contribution in [0, 0.1) is 0 Å². The van der Waals surface area contributed by atoms with E-state index in [0.717, 1.165) is 0 Å². The van der Waals surface area contributed by atoms with Crippen LogP contribution in [0.15, 0.2) is 89.2 Å². The second-order valence-electron chi connectivity index (χ2n) is 4.95. The molecule has 25 heavy (non-hydrogen) atoms. The Morgan fingerprint density at radius 1 is 1.00 bits per heavy atom. The predicted octanol–water partition coefficient (Wildman–Crippen LogP) is 2.06. The molecule has 7 heteroatoms. The fraction of sp³-hybridized carbons (Fsp3) is 0. The number of nitrogens with one attached hydrogen (secondary N) is 1. The van der Waals surface area contributed by atoms with E-state index in [1.165, 1.54) is 6.20 Å². The summed E-state index contributed by atoms with van der Waals surface area (Å²) in [5.74, 6) is 0.0882. The molecule has 0 saturated carbocycles. The molecule has 0 spiro atoms. The van der Waals surface area contributed by atoms with Gasteiger partial charge in [-0.1, -0.05) is 52.7 Å². The van der Waals surface area contributed by atoms with Gasteiger partial charge in [0.2, 0.25) is 0 Å². The number of nitrogens with zero attached hydrogens (tertiary/aromatic N) is 4. The Hall–Kier alpha value is -3.25. The molecule has 0 saturated heterocycles. The molecule has 0 amide bonds. The molecule has 1 aromatic carbocycles. The molecule has 3 rings (SSSR count).